The summed E-state index contributed by atoms with van der Waals surface area (Å²) >= 11 is 0. The molecule has 0 saturated heterocycles. The predicted octanol–water partition coefficient (Wildman–Crippen LogP) is 3.89. The molecule has 1 aliphatic rings. The van der Waals surface area contributed by atoms with E-state index in [1.807, 2.05) is 0 Å². The van der Waals surface area contributed by atoms with Crippen LogP contribution in [0.3, 0.4) is 0 Å². The van der Waals surface area contributed by atoms with Crippen LogP contribution in [0.25, 0.3) is 0 Å². The van der Waals surface area contributed by atoms with Gasteiger partial charge in [0.2, 0.25) is 0 Å². The zero-order valence-electron chi connectivity index (χ0n) is 11.0. The molecule has 0 bridgehead atoms. The smallest absolute Gasteiger partial charge is 0.00488 e. The Morgan fingerprint density at radius 2 is 1.82 bits per heavy atom. The standard InChI is InChI=1S/C16H25N/c1-2-12-17-13-4-3-5-14-6-8-15(9-7-14)16-10-11-16/h6-9,16-17H,2-5,10-13H2,1H3. The van der Waals surface area contributed by atoms with Crippen LogP contribution in [-0.2, 0) is 6.42 Å². The maximum atomic E-state index is 3.45. The Morgan fingerprint density at radius 3 is 2.47 bits per heavy atom. The number of hydrogen-bond acceptors (Lipinski definition) is 1. The lowest BCUT2D eigenvalue weighted by Crippen LogP contribution is -2.15. The molecule has 0 unspecified atom stereocenters. The molecule has 0 heterocycles. The molecule has 1 nitrogen and oxygen atoms in total. The van der Waals surface area contributed by atoms with Gasteiger partial charge in [0, 0.05) is 0 Å². The van der Waals surface area contributed by atoms with Crippen molar-refractivity contribution < 1.29 is 0 Å². The summed E-state index contributed by atoms with van der Waals surface area (Å²) in [6, 6.07) is 9.32. The molecule has 0 amide bonds. The lowest BCUT2D eigenvalue weighted by Gasteiger charge is -2.04. The molecule has 0 spiro atoms. The average molecular weight is 231 g/mol. The van der Waals surface area contributed by atoms with E-state index in [1.165, 1.54) is 50.6 Å². The third-order valence-corrected chi connectivity index (χ3v) is 3.52. The van der Waals surface area contributed by atoms with Crippen LogP contribution < -0.4 is 5.32 Å². The van der Waals surface area contributed by atoms with E-state index in [9.17, 15) is 0 Å². The molecule has 1 saturated carbocycles. The van der Waals surface area contributed by atoms with Crippen LogP contribution in [0, 0.1) is 0 Å². The van der Waals surface area contributed by atoms with Crippen LogP contribution in [0.1, 0.15) is 56.1 Å². The molecule has 1 fully saturated rings. The van der Waals surface area contributed by atoms with Gasteiger partial charge in [-0.2, -0.15) is 0 Å². The van der Waals surface area contributed by atoms with Crippen LogP contribution in [0.15, 0.2) is 24.3 Å². The van der Waals surface area contributed by atoms with E-state index in [0.29, 0.717) is 0 Å². The number of hydrogen-bond donors (Lipinski definition) is 1. The Kier molecular flexibility index (Phi) is 5.06. The summed E-state index contributed by atoms with van der Waals surface area (Å²) in [6.45, 7) is 4.55. The maximum absolute atomic E-state index is 3.45. The van der Waals surface area contributed by atoms with Crippen molar-refractivity contribution in [1.29, 1.82) is 0 Å². The van der Waals surface area contributed by atoms with Gasteiger partial charge in [-0.25, -0.2) is 0 Å². The highest BCUT2D eigenvalue weighted by Gasteiger charge is 2.22. The van der Waals surface area contributed by atoms with E-state index in [4.69, 9.17) is 0 Å². The summed E-state index contributed by atoms with van der Waals surface area (Å²) in [5.41, 5.74) is 3.06. The minimum absolute atomic E-state index is 0.891. The van der Waals surface area contributed by atoms with Gasteiger partial charge in [0.25, 0.3) is 0 Å². The molecule has 0 aromatic heterocycles. The lowest BCUT2D eigenvalue weighted by molar-refractivity contribution is 0.617. The van der Waals surface area contributed by atoms with Crippen molar-refractivity contribution >= 4 is 0 Å². The number of unbranched alkanes of at least 4 members (excludes halogenated alkanes) is 1. The predicted molar refractivity (Wildman–Crippen MR) is 74.5 cm³/mol. The third kappa shape index (κ3) is 4.51. The van der Waals surface area contributed by atoms with E-state index >= 15 is 0 Å². The molecule has 0 atom stereocenters. The number of aryl methyl sites for hydroxylation is 1. The highest BCUT2D eigenvalue weighted by atomic mass is 14.8. The first-order chi connectivity index (χ1) is 8.40. The first kappa shape index (κ1) is 12.6. The van der Waals surface area contributed by atoms with E-state index < -0.39 is 0 Å². The molecule has 1 aromatic carbocycles. The molecule has 1 aliphatic carbocycles. The quantitative estimate of drug-likeness (QED) is 0.669. The minimum Gasteiger partial charge on any atom is -0.317 e. The van der Waals surface area contributed by atoms with Crippen molar-refractivity contribution in [2.24, 2.45) is 0 Å². The second kappa shape index (κ2) is 6.80. The third-order valence-electron chi connectivity index (χ3n) is 3.52. The molecule has 0 radical (unpaired) electrons. The van der Waals surface area contributed by atoms with Gasteiger partial charge in [0.05, 0.1) is 0 Å². The maximum Gasteiger partial charge on any atom is -0.00488 e. The van der Waals surface area contributed by atoms with Gasteiger partial charge in [-0.3, -0.25) is 0 Å². The summed E-state index contributed by atoms with van der Waals surface area (Å²) in [5, 5.41) is 3.45. The fourth-order valence-electron chi connectivity index (χ4n) is 2.25. The van der Waals surface area contributed by atoms with Crippen LogP contribution in [0.4, 0.5) is 0 Å². The van der Waals surface area contributed by atoms with Crippen molar-refractivity contribution in [3.8, 4) is 0 Å². The lowest BCUT2D eigenvalue weighted by atomic mass is 10.0. The molecule has 1 heteroatoms. The molecule has 1 aromatic rings. The fourth-order valence-corrected chi connectivity index (χ4v) is 2.25. The minimum atomic E-state index is 0.891. The monoisotopic (exact) mass is 231 g/mol. The summed E-state index contributed by atoms with van der Waals surface area (Å²) in [6.07, 6.45) is 7.89. The second-order valence-corrected chi connectivity index (χ2v) is 5.22. The van der Waals surface area contributed by atoms with Gasteiger partial charge in [-0.05, 0) is 68.7 Å². The summed E-state index contributed by atoms with van der Waals surface area (Å²) in [5.74, 6) is 0.891. The second-order valence-electron chi connectivity index (χ2n) is 5.22. The van der Waals surface area contributed by atoms with Gasteiger partial charge in [-0.1, -0.05) is 31.2 Å². The van der Waals surface area contributed by atoms with Crippen LogP contribution in [0.2, 0.25) is 0 Å². The molecular formula is C16H25N. The van der Waals surface area contributed by atoms with Gasteiger partial charge < -0.3 is 5.32 Å². The van der Waals surface area contributed by atoms with Crippen LogP contribution in [-0.4, -0.2) is 13.1 Å². The van der Waals surface area contributed by atoms with Crippen LogP contribution in [0.5, 0.6) is 0 Å². The molecular weight excluding hydrogens is 206 g/mol. The van der Waals surface area contributed by atoms with Crippen molar-refractivity contribution in [2.75, 3.05) is 13.1 Å². The van der Waals surface area contributed by atoms with Gasteiger partial charge in [-0.15, -0.1) is 0 Å². The van der Waals surface area contributed by atoms with Gasteiger partial charge in [0.1, 0.15) is 0 Å². The van der Waals surface area contributed by atoms with Crippen molar-refractivity contribution in [3.05, 3.63) is 35.4 Å². The zero-order chi connectivity index (χ0) is 11.9. The van der Waals surface area contributed by atoms with E-state index in [2.05, 4.69) is 36.5 Å². The van der Waals surface area contributed by atoms with Gasteiger partial charge >= 0.3 is 0 Å². The van der Waals surface area contributed by atoms with Crippen molar-refractivity contribution in [3.63, 3.8) is 0 Å². The normalized spacial score (nSPS) is 15.1. The molecule has 1 N–H and O–H groups in total. The first-order valence-corrected chi connectivity index (χ1v) is 7.19. The average Bonchev–Trinajstić information content (AvgIpc) is 3.19. The Balaban J connectivity index is 1.61. The number of rotatable bonds is 8. The SMILES string of the molecule is CCCNCCCCc1ccc(C2CC2)cc1. The van der Waals surface area contributed by atoms with Crippen molar-refractivity contribution in [2.45, 2.75) is 51.4 Å². The topological polar surface area (TPSA) is 12.0 Å². The Bertz CT molecular complexity index is 311. The summed E-state index contributed by atoms with van der Waals surface area (Å²) in [7, 11) is 0. The van der Waals surface area contributed by atoms with Crippen molar-refractivity contribution in [1.82, 2.24) is 5.32 Å². The Morgan fingerprint density at radius 1 is 1.06 bits per heavy atom. The highest BCUT2D eigenvalue weighted by molar-refractivity contribution is 5.28. The molecule has 2 rings (SSSR count). The molecule has 94 valence electrons. The fraction of sp³-hybridized carbons (Fsp3) is 0.625. The largest absolute Gasteiger partial charge is 0.317 e. The van der Waals surface area contributed by atoms with Crippen LogP contribution >= 0.6 is 0 Å². The Hall–Kier alpha value is -0.820. The highest BCUT2D eigenvalue weighted by Crippen LogP contribution is 2.39. The van der Waals surface area contributed by atoms with E-state index in [-0.39, 0.29) is 0 Å². The number of nitrogens with one attached hydrogen (secondary N) is 1. The van der Waals surface area contributed by atoms with E-state index in [1.54, 1.807) is 5.56 Å². The van der Waals surface area contributed by atoms with E-state index in [0.717, 1.165) is 12.5 Å². The Labute approximate surface area is 106 Å². The molecule has 17 heavy (non-hydrogen) atoms. The molecule has 0 aliphatic heterocycles. The zero-order valence-corrected chi connectivity index (χ0v) is 11.0. The van der Waals surface area contributed by atoms with Gasteiger partial charge in [0.15, 0.2) is 0 Å². The summed E-state index contributed by atoms with van der Waals surface area (Å²) in [4.78, 5) is 0. The first-order valence-electron chi connectivity index (χ1n) is 7.19. The summed E-state index contributed by atoms with van der Waals surface area (Å²) < 4.78 is 0. The number of benzene rings is 1.